The van der Waals surface area contributed by atoms with Crippen LogP contribution in [0.1, 0.15) is 16.8 Å². The molecular weight excluding hydrogens is 296 g/mol. The molecule has 0 aliphatic carbocycles. The fraction of sp³-hybridized carbons (Fsp3) is 0.417. The molecular formula is C12H14Cl3NO2. The first-order valence-electron chi connectivity index (χ1n) is 5.40. The van der Waals surface area contributed by atoms with Crippen molar-refractivity contribution in [1.29, 1.82) is 0 Å². The first kappa shape index (κ1) is 15.6. The number of carbonyl (C=O) groups excluding carboxylic acids is 1. The van der Waals surface area contributed by atoms with Crippen molar-refractivity contribution in [2.75, 3.05) is 19.6 Å². The lowest BCUT2D eigenvalue weighted by Gasteiger charge is -2.17. The van der Waals surface area contributed by atoms with Gasteiger partial charge in [0, 0.05) is 13.0 Å². The SMILES string of the molecule is COCC(CCCl)NC(=O)c1cccc(Cl)c1Cl. The Morgan fingerprint density at radius 2 is 2.17 bits per heavy atom. The van der Waals surface area contributed by atoms with Gasteiger partial charge >= 0.3 is 0 Å². The van der Waals surface area contributed by atoms with Crippen molar-refractivity contribution in [3.63, 3.8) is 0 Å². The second-order valence-electron chi connectivity index (χ2n) is 3.70. The van der Waals surface area contributed by atoms with E-state index in [0.29, 0.717) is 29.5 Å². The van der Waals surface area contributed by atoms with E-state index in [0.717, 1.165) is 0 Å². The molecule has 1 aromatic carbocycles. The molecule has 6 heteroatoms. The molecule has 3 nitrogen and oxygen atoms in total. The zero-order valence-corrected chi connectivity index (χ0v) is 12.1. The third kappa shape index (κ3) is 4.32. The van der Waals surface area contributed by atoms with Crippen LogP contribution in [0.4, 0.5) is 0 Å². The molecule has 0 spiro atoms. The number of methoxy groups -OCH3 is 1. The van der Waals surface area contributed by atoms with Gasteiger partial charge in [0.2, 0.25) is 0 Å². The largest absolute Gasteiger partial charge is 0.383 e. The van der Waals surface area contributed by atoms with Crippen LogP contribution in [-0.2, 0) is 4.74 Å². The lowest BCUT2D eigenvalue weighted by molar-refractivity contribution is 0.0895. The number of hydrogen-bond donors (Lipinski definition) is 1. The van der Waals surface area contributed by atoms with Gasteiger partial charge < -0.3 is 10.1 Å². The highest BCUT2D eigenvalue weighted by atomic mass is 35.5. The zero-order valence-electron chi connectivity index (χ0n) is 9.88. The number of benzene rings is 1. The standard InChI is InChI=1S/C12H14Cl3NO2/c1-18-7-8(5-6-13)16-12(17)9-3-2-4-10(14)11(9)15/h2-4,8H,5-7H2,1H3,(H,16,17). The average molecular weight is 311 g/mol. The summed E-state index contributed by atoms with van der Waals surface area (Å²) < 4.78 is 5.01. The summed E-state index contributed by atoms with van der Waals surface area (Å²) in [6, 6.07) is 4.78. The van der Waals surface area contributed by atoms with Gasteiger partial charge in [0.1, 0.15) is 0 Å². The summed E-state index contributed by atoms with van der Waals surface area (Å²) in [6.45, 7) is 0.399. The number of alkyl halides is 1. The lowest BCUT2D eigenvalue weighted by atomic mass is 10.1. The summed E-state index contributed by atoms with van der Waals surface area (Å²) in [5, 5.41) is 3.41. The molecule has 0 aliphatic rings. The van der Waals surface area contributed by atoms with Gasteiger partial charge in [-0.25, -0.2) is 0 Å². The maximum Gasteiger partial charge on any atom is 0.253 e. The molecule has 0 saturated heterocycles. The van der Waals surface area contributed by atoms with Gasteiger partial charge in [-0.3, -0.25) is 4.79 Å². The maximum absolute atomic E-state index is 12.0. The van der Waals surface area contributed by atoms with Crippen LogP contribution in [0.2, 0.25) is 10.0 Å². The van der Waals surface area contributed by atoms with Crippen molar-refractivity contribution >= 4 is 40.7 Å². The third-order valence-corrected chi connectivity index (χ3v) is 3.39. The molecule has 0 heterocycles. The van der Waals surface area contributed by atoms with Crippen molar-refractivity contribution < 1.29 is 9.53 Å². The Morgan fingerprint density at radius 3 is 2.78 bits per heavy atom. The minimum absolute atomic E-state index is 0.143. The monoisotopic (exact) mass is 309 g/mol. The van der Waals surface area contributed by atoms with Crippen molar-refractivity contribution in [2.24, 2.45) is 0 Å². The average Bonchev–Trinajstić information content (AvgIpc) is 2.33. The van der Waals surface area contributed by atoms with Crippen LogP contribution in [0.15, 0.2) is 18.2 Å². The van der Waals surface area contributed by atoms with Crippen molar-refractivity contribution in [1.82, 2.24) is 5.32 Å². The summed E-state index contributed by atoms with van der Waals surface area (Å²) in [6.07, 6.45) is 0.624. The number of hydrogen-bond acceptors (Lipinski definition) is 2. The minimum Gasteiger partial charge on any atom is -0.383 e. The van der Waals surface area contributed by atoms with E-state index in [1.54, 1.807) is 25.3 Å². The number of halogens is 3. The third-order valence-electron chi connectivity index (χ3n) is 2.36. The van der Waals surface area contributed by atoms with E-state index in [1.807, 2.05) is 0 Å². The number of ether oxygens (including phenoxy) is 1. The predicted molar refractivity (Wildman–Crippen MR) is 74.9 cm³/mol. The fourth-order valence-electron chi connectivity index (χ4n) is 1.47. The van der Waals surface area contributed by atoms with Crippen molar-refractivity contribution in [2.45, 2.75) is 12.5 Å². The summed E-state index contributed by atoms with van der Waals surface area (Å²) in [5.74, 6) is 0.159. The predicted octanol–water partition coefficient (Wildman–Crippen LogP) is 3.37. The second kappa shape index (κ2) is 7.85. The Bertz CT molecular complexity index is 406. The van der Waals surface area contributed by atoms with Gasteiger partial charge in [-0.05, 0) is 18.6 Å². The van der Waals surface area contributed by atoms with E-state index in [9.17, 15) is 4.79 Å². The molecule has 0 bridgehead atoms. The molecule has 1 aromatic rings. The highest BCUT2D eigenvalue weighted by molar-refractivity contribution is 6.43. The van der Waals surface area contributed by atoms with Gasteiger partial charge in [0.25, 0.3) is 5.91 Å². The van der Waals surface area contributed by atoms with Gasteiger partial charge in [0.05, 0.1) is 28.3 Å². The molecule has 1 unspecified atom stereocenters. The Balaban J connectivity index is 2.77. The number of carbonyl (C=O) groups is 1. The van der Waals surface area contributed by atoms with Crippen LogP contribution < -0.4 is 5.32 Å². The topological polar surface area (TPSA) is 38.3 Å². The van der Waals surface area contributed by atoms with E-state index in [2.05, 4.69) is 5.32 Å². The Kier molecular flexibility index (Phi) is 6.79. The van der Waals surface area contributed by atoms with Crippen molar-refractivity contribution in [3.05, 3.63) is 33.8 Å². The summed E-state index contributed by atoms with van der Waals surface area (Å²) in [4.78, 5) is 12.0. The lowest BCUT2D eigenvalue weighted by Crippen LogP contribution is -2.38. The van der Waals surface area contributed by atoms with Gasteiger partial charge in [0.15, 0.2) is 0 Å². The first-order valence-corrected chi connectivity index (χ1v) is 6.69. The molecule has 1 rings (SSSR count). The normalized spacial score (nSPS) is 12.2. The molecule has 0 aliphatic heterocycles. The Hall–Kier alpha value is -0.480. The molecule has 1 N–H and O–H groups in total. The second-order valence-corrected chi connectivity index (χ2v) is 4.87. The van der Waals surface area contributed by atoms with E-state index in [4.69, 9.17) is 39.5 Å². The molecule has 18 heavy (non-hydrogen) atoms. The number of nitrogens with one attached hydrogen (secondary N) is 1. The van der Waals surface area contributed by atoms with E-state index in [1.165, 1.54) is 0 Å². The van der Waals surface area contributed by atoms with E-state index in [-0.39, 0.29) is 17.0 Å². The van der Waals surface area contributed by atoms with Gasteiger partial charge in [-0.2, -0.15) is 0 Å². The van der Waals surface area contributed by atoms with Crippen LogP contribution in [-0.4, -0.2) is 31.5 Å². The Labute approximate surface area is 121 Å². The number of rotatable bonds is 6. The summed E-state index contributed by atoms with van der Waals surface area (Å²) >= 11 is 17.5. The number of amides is 1. The highest BCUT2D eigenvalue weighted by Crippen LogP contribution is 2.25. The zero-order chi connectivity index (χ0) is 13.5. The molecule has 1 amide bonds. The van der Waals surface area contributed by atoms with Crippen LogP contribution in [0.3, 0.4) is 0 Å². The molecule has 0 saturated carbocycles. The quantitative estimate of drug-likeness (QED) is 0.818. The van der Waals surface area contributed by atoms with E-state index >= 15 is 0 Å². The molecule has 100 valence electrons. The maximum atomic E-state index is 12.0. The molecule has 0 aromatic heterocycles. The van der Waals surface area contributed by atoms with E-state index < -0.39 is 0 Å². The minimum atomic E-state index is -0.283. The van der Waals surface area contributed by atoms with Crippen LogP contribution in [0, 0.1) is 0 Å². The van der Waals surface area contributed by atoms with Gasteiger partial charge in [-0.15, -0.1) is 11.6 Å². The van der Waals surface area contributed by atoms with Crippen molar-refractivity contribution in [3.8, 4) is 0 Å². The first-order chi connectivity index (χ1) is 8.60. The summed E-state index contributed by atoms with van der Waals surface area (Å²) in [5.41, 5.74) is 0.347. The summed E-state index contributed by atoms with van der Waals surface area (Å²) in [7, 11) is 1.57. The molecule has 0 radical (unpaired) electrons. The van der Waals surface area contributed by atoms with Crippen LogP contribution in [0.25, 0.3) is 0 Å². The molecule has 1 atom stereocenters. The molecule has 0 fully saturated rings. The fourth-order valence-corrected chi connectivity index (χ4v) is 2.12. The van der Waals surface area contributed by atoms with Crippen LogP contribution >= 0.6 is 34.8 Å². The van der Waals surface area contributed by atoms with Gasteiger partial charge in [-0.1, -0.05) is 29.3 Å². The van der Waals surface area contributed by atoms with Crippen LogP contribution in [0.5, 0.6) is 0 Å². The smallest absolute Gasteiger partial charge is 0.253 e. The Morgan fingerprint density at radius 1 is 1.44 bits per heavy atom. The highest BCUT2D eigenvalue weighted by Gasteiger charge is 2.16.